The summed E-state index contributed by atoms with van der Waals surface area (Å²) in [7, 11) is 0. The van der Waals surface area contributed by atoms with Gasteiger partial charge in [0.05, 0.1) is 26.9 Å². The van der Waals surface area contributed by atoms with Crippen LogP contribution >= 0.6 is 11.3 Å². The van der Waals surface area contributed by atoms with Crippen LogP contribution in [0.2, 0.25) is 0 Å². The predicted octanol–water partition coefficient (Wildman–Crippen LogP) is 12.6. The van der Waals surface area contributed by atoms with Gasteiger partial charge >= 0.3 is 0 Å². The summed E-state index contributed by atoms with van der Waals surface area (Å²) in [5.41, 5.74) is 12.4. The summed E-state index contributed by atoms with van der Waals surface area (Å²) in [6.07, 6.45) is 0. The summed E-state index contributed by atoms with van der Waals surface area (Å²) in [4.78, 5) is 10.3. The number of benzene rings is 7. The number of hydrogen-bond acceptors (Lipinski definition) is 3. The summed E-state index contributed by atoms with van der Waals surface area (Å²) in [5, 5.41) is 3.65. The van der Waals surface area contributed by atoms with E-state index in [2.05, 4.69) is 156 Å². The van der Waals surface area contributed by atoms with Gasteiger partial charge in [0.2, 0.25) is 0 Å². The molecule has 0 N–H and O–H groups in total. The summed E-state index contributed by atoms with van der Waals surface area (Å²) in [6.45, 7) is 0. The third-order valence-corrected chi connectivity index (χ3v) is 10.8. The molecular formula is C46H29N3S. The molecule has 0 radical (unpaired) electrons. The minimum absolute atomic E-state index is 0.742. The van der Waals surface area contributed by atoms with E-state index in [0.29, 0.717) is 0 Å². The van der Waals surface area contributed by atoms with Crippen molar-refractivity contribution in [3.63, 3.8) is 0 Å². The van der Waals surface area contributed by atoms with E-state index in [1.54, 1.807) is 11.3 Å². The van der Waals surface area contributed by atoms with Gasteiger partial charge in [-0.05, 0) is 64.7 Å². The molecule has 10 rings (SSSR count). The minimum Gasteiger partial charge on any atom is -0.309 e. The van der Waals surface area contributed by atoms with Crippen molar-refractivity contribution in [1.82, 2.24) is 14.5 Å². The van der Waals surface area contributed by atoms with Gasteiger partial charge in [-0.3, -0.25) is 0 Å². The average Bonchev–Trinajstić information content (AvgIpc) is 3.73. The lowest BCUT2D eigenvalue weighted by atomic mass is 10.0. The fourth-order valence-electron chi connectivity index (χ4n) is 7.22. The second-order valence-corrected chi connectivity index (χ2v) is 13.7. The van der Waals surface area contributed by atoms with Crippen molar-refractivity contribution >= 4 is 53.4 Å². The van der Waals surface area contributed by atoms with Gasteiger partial charge < -0.3 is 4.57 Å². The van der Waals surface area contributed by atoms with Gasteiger partial charge in [-0.2, -0.15) is 0 Å². The zero-order valence-electron chi connectivity index (χ0n) is 27.0. The Morgan fingerprint density at radius 1 is 0.400 bits per heavy atom. The average molecular weight is 656 g/mol. The standard InChI is InChI=1S/C46H29N3S/c1-4-13-30(14-5-1)34-23-25-41-38(28-34)37-21-10-11-22-40(37)49(41)36-20-12-19-33(27-36)35-24-26-42-39(29-35)44-45(50-42)43(31-15-6-2-7-16-31)47-46(48-44)32-17-8-3-9-18-32/h1-29H. The molecule has 50 heavy (non-hydrogen) atoms. The lowest BCUT2D eigenvalue weighted by molar-refractivity contribution is 1.18. The summed E-state index contributed by atoms with van der Waals surface area (Å²) < 4.78 is 4.71. The molecule has 0 aliphatic heterocycles. The Kier molecular flexibility index (Phi) is 6.68. The van der Waals surface area contributed by atoms with Crippen LogP contribution in [0.15, 0.2) is 176 Å². The molecule has 3 nitrogen and oxygen atoms in total. The van der Waals surface area contributed by atoms with Crippen LogP contribution in [0.3, 0.4) is 0 Å². The number of hydrogen-bond donors (Lipinski definition) is 0. The second kappa shape index (κ2) is 11.7. The third-order valence-electron chi connectivity index (χ3n) is 9.61. The highest BCUT2D eigenvalue weighted by atomic mass is 32.1. The summed E-state index contributed by atoms with van der Waals surface area (Å²) >= 11 is 1.77. The lowest BCUT2D eigenvalue weighted by Gasteiger charge is -2.11. The predicted molar refractivity (Wildman–Crippen MR) is 211 cm³/mol. The number of fused-ring (bicyclic) bond motifs is 6. The Morgan fingerprint density at radius 3 is 1.80 bits per heavy atom. The maximum absolute atomic E-state index is 5.21. The van der Waals surface area contributed by atoms with Crippen LogP contribution in [0, 0.1) is 0 Å². The zero-order chi connectivity index (χ0) is 33.0. The number of nitrogens with zero attached hydrogens (tertiary/aromatic N) is 3. The number of aromatic nitrogens is 3. The van der Waals surface area contributed by atoms with Crippen LogP contribution in [0.25, 0.3) is 92.7 Å². The summed E-state index contributed by atoms with van der Waals surface area (Å²) in [5.74, 6) is 0.742. The molecule has 7 aromatic carbocycles. The molecule has 10 aromatic rings. The molecule has 0 aliphatic carbocycles. The van der Waals surface area contributed by atoms with E-state index in [-0.39, 0.29) is 0 Å². The van der Waals surface area contributed by atoms with Gasteiger partial charge in [0, 0.05) is 37.7 Å². The molecular weight excluding hydrogens is 627 g/mol. The molecule has 0 atom stereocenters. The first-order valence-electron chi connectivity index (χ1n) is 16.8. The first-order valence-corrected chi connectivity index (χ1v) is 17.6. The lowest BCUT2D eigenvalue weighted by Crippen LogP contribution is -1.94. The molecule has 0 saturated carbocycles. The first-order chi connectivity index (χ1) is 24.8. The van der Waals surface area contributed by atoms with Crippen molar-refractivity contribution in [1.29, 1.82) is 0 Å². The van der Waals surface area contributed by atoms with E-state index in [4.69, 9.17) is 9.97 Å². The van der Waals surface area contributed by atoms with E-state index in [1.165, 1.54) is 37.6 Å². The highest BCUT2D eigenvalue weighted by molar-refractivity contribution is 7.26. The van der Waals surface area contributed by atoms with E-state index in [1.807, 2.05) is 24.3 Å². The van der Waals surface area contributed by atoms with Crippen molar-refractivity contribution in [3.05, 3.63) is 176 Å². The molecule has 4 heteroatoms. The quantitative estimate of drug-likeness (QED) is 0.185. The van der Waals surface area contributed by atoms with E-state index >= 15 is 0 Å². The number of para-hydroxylation sites is 1. The van der Waals surface area contributed by atoms with Gasteiger partial charge in [0.15, 0.2) is 5.82 Å². The van der Waals surface area contributed by atoms with Gasteiger partial charge in [-0.25, -0.2) is 9.97 Å². The minimum atomic E-state index is 0.742. The van der Waals surface area contributed by atoms with Crippen molar-refractivity contribution in [3.8, 4) is 50.6 Å². The number of thiophene rings is 1. The normalized spacial score (nSPS) is 11.6. The van der Waals surface area contributed by atoms with Crippen molar-refractivity contribution in [2.75, 3.05) is 0 Å². The van der Waals surface area contributed by atoms with E-state index in [0.717, 1.165) is 55.1 Å². The van der Waals surface area contributed by atoms with E-state index in [9.17, 15) is 0 Å². The fraction of sp³-hybridized carbons (Fsp3) is 0. The second-order valence-electron chi connectivity index (χ2n) is 12.6. The molecule has 0 saturated heterocycles. The van der Waals surface area contributed by atoms with Crippen LogP contribution in [0.5, 0.6) is 0 Å². The van der Waals surface area contributed by atoms with Crippen molar-refractivity contribution < 1.29 is 0 Å². The zero-order valence-corrected chi connectivity index (χ0v) is 27.8. The van der Waals surface area contributed by atoms with E-state index < -0.39 is 0 Å². The monoisotopic (exact) mass is 655 g/mol. The fourth-order valence-corrected chi connectivity index (χ4v) is 8.35. The molecule has 0 bridgehead atoms. The highest BCUT2D eigenvalue weighted by Gasteiger charge is 2.18. The molecule has 0 spiro atoms. The Bertz CT molecular complexity index is 2850. The van der Waals surface area contributed by atoms with Crippen LogP contribution in [-0.2, 0) is 0 Å². The first kappa shape index (κ1) is 28.6. The summed E-state index contributed by atoms with van der Waals surface area (Å²) in [6, 6.07) is 62.6. The van der Waals surface area contributed by atoms with Gasteiger partial charge in [-0.15, -0.1) is 11.3 Å². The van der Waals surface area contributed by atoms with Crippen molar-refractivity contribution in [2.24, 2.45) is 0 Å². The topological polar surface area (TPSA) is 30.7 Å². The third kappa shape index (κ3) is 4.73. The van der Waals surface area contributed by atoms with Gasteiger partial charge in [0.25, 0.3) is 0 Å². The molecule has 0 aliphatic rings. The molecule has 0 unspecified atom stereocenters. The Morgan fingerprint density at radius 2 is 1.00 bits per heavy atom. The van der Waals surface area contributed by atoms with Crippen LogP contribution in [0.1, 0.15) is 0 Å². The van der Waals surface area contributed by atoms with Gasteiger partial charge in [0.1, 0.15) is 0 Å². The molecule has 0 amide bonds. The Labute approximate surface area is 293 Å². The van der Waals surface area contributed by atoms with Crippen LogP contribution in [0.4, 0.5) is 0 Å². The maximum atomic E-state index is 5.21. The molecule has 3 heterocycles. The highest BCUT2D eigenvalue weighted by Crippen LogP contribution is 2.41. The maximum Gasteiger partial charge on any atom is 0.160 e. The largest absolute Gasteiger partial charge is 0.309 e. The number of rotatable bonds is 5. The molecule has 234 valence electrons. The Hall–Kier alpha value is -6.36. The van der Waals surface area contributed by atoms with Crippen LogP contribution < -0.4 is 0 Å². The smallest absolute Gasteiger partial charge is 0.160 e. The molecule has 0 fully saturated rings. The van der Waals surface area contributed by atoms with Crippen molar-refractivity contribution in [2.45, 2.75) is 0 Å². The SMILES string of the molecule is c1ccc(-c2ccc3c(c2)c2ccccc2n3-c2cccc(-c3ccc4sc5c(-c6ccccc6)nc(-c6ccccc6)nc5c4c3)c2)cc1. The van der Waals surface area contributed by atoms with Crippen LogP contribution in [-0.4, -0.2) is 14.5 Å². The Balaban J connectivity index is 1.14. The van der Waals surface area contributed by atoms with Gasteiger partial charge in [-0.1, -0.05) is 133 Å². The molecule has 3 aromatic heterocycles.